The molecule has 1 aliphatic rings. The molecule has 1 aliphatic heterocycles. The number of methoxy groups -OCH3 is 1. The van der Waals surface area contributed by atoms with Gasteiger partial charge in [-0.1, -0.05) is 6.07 Å². The summed E-state index contributed by atoms with van der Waals surface area (Å²) in [6.45, 7) is 3.53. The molecule has 1 aromatic carbocycles. The number of nitro groups is 1. The lowest BCUT2D eigenvalue weighted by Gasteiger charge is -2.40. The molecule has 1 aromatic rings. The van der Waals surface area contributed by atoms with Crippen molar-refractivity contribution < 1.29 is 9.66 Å². The summed E-state index contributed by atoms with van der Waals surface area (Å²) in [4.78, 5) is 13.1. The lowest BCUT2D eigenvalue weighted by molar-refractivity contribution is -0.383. The molecule has 1 fully saturated rings. The molecule has 6 heteroatoms. The highest BCUT2D eigenvalue weighted by atomic mass is 16.6. The van der Waals surface area contributed by atoms with Crippen LogP contribution in [0.5, 0.6) is 0 Å². The second-order valence-corrected chi connectivity index (χ2v) is 5.36. The Bertz CT molecular complexity index is 506. The van der Waals surface area contributed by atoms with Crippen molar-refractivity contribution in [2.24, 2.45) is 0 Å². The van der Waals surface area contributed by atoms with Crippen LogP contribution in [0.3, 0.4) is 0 Å². The Balaban J connectivity index is 2.39. The molecule has 0 spiro atoms. The van der Waals surface area contributed by atoms with Gasteiger partial charge in [-0.2, -0.15) is 0 Å². The van der Waals surface area contributed by atoms with Crippen molar-refractivity contribution in [3.8, 4) is 0 Å². The van der Waals surface area contributed by atoms with Gasteiger partial charge in [0.2, 0.25) is 0 Å². The van der Waals surface area contributed by atoms with E-state index in [9.17, 15) is 10.1 Å². The Kier molecular flexibility index (Phi) is 4.13. The van der Waals surface area contributed by atoms with Gasteiger partial charge in [-0.25, -0.2) is 0 Å². The third kappa shape index (κ3) is 2.70. The minimum atomic E-state index is -0.320. The minimum absolute atomic E-state index is 0.135. The molecule has 110 valence electrons. The Morgan fingerprint density at radius 1 is 1.50 bits per heavy atom. The van der Waals surface area contributed by atoms with Gasteiger partial charge in [0.15, 0.2) is 0 Å². The van der Waals surface area contributed by atoms with Crippen LogP contribution in [0.1, 0.15) is 19.8 Å². The molecule has 0 amide bonds. The Morgan fingerprint density at radius 3 is 2.85 bits per heavy atom. The summed E-state index contributed by atoms with van der Waals surface area (Å²) in [6.07, 6.45) is 1.94. The van der Waals surface area contributed by atoms with Crippen LogP contribution in [0.25, 0.3) is 0 Å². The number of hydrogen-bond acceptors (Lipinski definition) is 5. The number of anilines is 2. The van der Waals surface area contributed by atoms with Crippen molar-refractivity contribution in [1.82, 2.24) is 0 Å². The normalized spacial score (nSPS) is 22.6. The summed E-state index contributed by atoms with van der Waals surface area (Å²) in [6, 6.07) is 5.37. The van der Waals surface area contributed by atoms with E-state index in [4.69, 9.17) is 4.74 Å². The van der Waals surface area contributed by atoms with Crippen LogP contribution in [0, 0.1) is 10.1 Å². The molecule has 2 rings (SSSR count). The first-order chi connectivity index (χ1) is 9.50. The Morgan fingerprint density at radius 2 is 2.25 bits per heavy atom. The predicted molar refractivity (Wildman–Crippen MR) is 79.5 cm³/mol. The highest BCUT2D eigenvalue weighted by Crippen LogP contribution is 2.38. The fourth-order valence-corrected chi connectivity index (χ4v) is 2.76. The molecule has 6 nitrogen and oxygen atoms in total. The van der Waals surface area contributed by atoms with E-state index in [1.165, 1.54) is 0 Å². The molecule has 1 saturated heterocycles. The van der Waals surface area contributed by atoms with Crippen molar-refractivity contribution in [1.29, 1.82) is 0 Å². The van der Waals surface area contributed by atoms with Crippen LogP contribution in [0.15, 0.2) is 18.2 Å². The van der Waals surface area contributed by atoms with E-state index in [2.05, 4.69) is 5.32 Å². The maximum absolute atomic E-state index is 11.4. The monoisotopic (exact) mass is 279 g/mol. The van der Waals surface area contributed by atoms with E-state index in [-0.39, 0.29) is 16.2 Å². The van der Waals surface area contributed by atoms with Crippen molar-refractivity contribution in [3.05, 3.63) is 28.3 Å². The highest BCUT2D eigenvalue weighted by molar-refractivity contribution is 5.77. The lowest BCUT2D eigenvalue weighted by atomic mass is 9.94. The number of rotatable bonds is 4. The van der Waals surface area contributed by atoms with E-state index >= 15 is 0 Å². The van der Waals surface area contributed by atoms with E-state index in [0.717, 1.165) is 19.4 Å². The van der Waals surface area contributed by atoms with E-state index in [0.29, 0.717) is 17.9 Å². The van der Waals surface area contributed by atoms with Gasteiger partial charge in [0.1, 0.15) is 11.4 Å². The molecular formula is C14H21N3O3. The van der Waals surface area contributed by atoms with Gasteiger partial charge in [-0.05, 0) is 31.9 Å². The number of para-hydroxylation sites is 1. The smallest absolute Gasteiger partial charge is 0.315 e. The summed E-state index contributed by atoms with van der Waals surface area (Å²) in [5.41, 5.74) is 1.08. The zero-order valence-corrected chi connectivity index (χ0v) is 12.2. The fourth-order valence-electron chi connectivity index (χ4n) is 2.76. The maximum atomic E-state index is 11.4. The van der Waals surface area contributed by atoms with Gasteiger partial charge in [-0.3, -0.25) is 10.1 Å². The average molecular weight is 279 g/mol. The van der Waals surface area contributed by atoms with E-state index in [1.54, 1.807) is 26.3 Å². The Labute approximate surface area is 118 Å². The molecule has 0 saturated carbocycles. The van der Waals surface area contributed by atoms with Gasteiger partial charge < -0.3 is 15.0 Å². The van der Waals surface area contributed by atoms with Crippen LogP contribution >= 0.6 is 0 Å². The van der Waals surface area contributed by atoms with Crippen molar-refractivity contribution in [2.45, 2.75) is 25.4 Å². The molecule has 1 atom stereocenters. The number of nitrogens with one attached hydrogen (secondary N) is 1. The molecule has 1 N–H and O–H groups in total. The number of ether oxygens (including phenoxy) is 1. The number of nitro benzene ring substituents is 1. The largest absolute Gasteiger partial charge is 0.382 e. The first-order valence-electron chi connectivity index (χ1n) is 6.76. The minimum Gasteiger partial charge on any atom is -0.382 e. The van der Waals surface area contributed by atoms with Crippen LogP contribution in [-0.4, -0.2) is 37.8 Å². The SMILES string of the molecule is CNc1cccc(N2CCCC(C)(OC)C2)c1[N+](=O)[O-]. The Hall–Kier alpha value is -1.82. The third-order valence-electron chi connectivity index (χ3n) is 3.96. The van der Waals surface area contributed by atoms with Crippen molar-refractivity contribution >= 4 is 17.1 Å². The van der Waals surface area contributed by atoms with Crippen LogP contribution < -0.4 is 10.2 Å². The molecule has 0 radical (unpaired) electrons. The number of piperidine rings is 1. The zero-order valence-electron chi connectivity index (χ0n) is 12.2. The van der Waals surface area contributed by atoms with Gasteiger partial charge in [0.25, 0.3) is 0 Å². The standard InChI is InChI=1S/C14H21N3O3/c1-14(20-3)8-5-9-16(10-14)12-7-4-6-11(15-2)13(12)17(18)19/h4,6-7,15H,5,8-10H2,1-3H3. The summed E-state index contributed by atoms with van der Waals surface area (Å²) in [7, 11) is 3.39. The topological polar surface area (TPSA) is 67.6 Å². The zero-order chi connectivity index (χ0) is 14.8. The predicted octanol–water partition coefficient (Wildman–Crippen LogP) is 2.64. The molecule has 1 unspecified atom stereocenters. The van der Waals surface area contributed by atoms with Crippen LogP contribution in [0.4, 0.5) is 17.1 Å². The molecule has 0 aliphatic carbocycles. The van der Waals surface area contributed by atoms with Crippen LogP contribution in [0.2, 0.25) is 0 Å². The quantitative estimate of drug-likeness (QED) is 0.678. The van der Waals surface area contributed by atoms with Gasteiger partial charge in [0.05, 0.1) is 10.5 Å². The number of benzene rings is 1. The number of hydrogen-bond donors (Lipinski definition) is 1. The van der Waals surface area contributed by atoms with E-state index in [1.807, 2.05) is 17.9 Å². The molecule has 0 bridgehead atoms. The highest BCUT2D eigenvalue weighted by Gasteiger charge is 2.34. The number of nitrogens with zero attached hydrogens (tertiary/aromatic N) is 2. The molecular weight excluding hydrogens is 258 g/mol. The second-order valence-electron chi connectivity index (χ2n) is 5.36. The van der Waals surface area contributed by atoms with Crippen LogP contribution in [-0.2, 0) is 4.74 Å². The summed E-state index contributed by atoms with van der Waals surface area (Å²) in [5.74, 6) is 0. The van der Waals surface area contributed by atoms with Gasteiger partial charge in [0, 0.05) is 27.2 Å². The summed E-state index contributed by atoms with van der Waals surface area (Å²) >= 11 is 0. The fraction of sp³-hybridized carbons (Fsp3) is 0.571. The molecule has 0 aromatic heterocycles. The maximum Gasteiger partial charge on any atom is 0.315 e. The summed E-state index contributed by atoms with van der Waals surface area (Å²) in [5, 5.41) is 14.3. The summed E-state index contributed by atoms with van der Waals surface area (Å²) < 4.78 is 5.56. The third-order valence-corrected chi connectivity index (χ3v) is 3.96. The second kappa shape index (κ2) is 5.66. The first-order valence-corrected chi connectivity index (χ1v) is 6.76. The van der Waals surface area contributed by atoms with E-state index < -0.39 is 0 Å². The van der Waals surface area contributed by atoms with Gasteiger partial charge >= 0.3 is 5.69 Å². The first kappa shape index (κ1) is 14.6. The van der Waals surface area contributed by atoms with Crippen molar-refractivity contribution in [2.75, 3.05) is 37.5 Å². The lowest BCUT2D eigenvalue weighted by Crippen LogP contribution is -2.47. The average Bonchev–Trinajstić information content (AvgIpc) is 2.46. The van der Waals surface area contributed by atoms with Gasteiger partial charge in [-0.15, -0.1) is 0 Å². The van der Waals surface area contributed by atoms with Crippen molar-refractivity contribution in [3.63, 3.8) is 0 Å². The molecule has 1 heterocycles. The molecule has 20 heavy (non-hydrogen) atoms.